The van der Waals surface area contributed by atoms with Crippen molar-refractivity contribution in [3.8, 4) is 0 Å². The second-order valence-corrected chi connectivity index (χ2v) is 7.75. The molecule has 0 saturated heterocycles. The molecule has 1 aromatic carbocycles. The topological polar surface area (TPSA) is 81.9 Å². The number of benzene rings is 1. The van der Waals surface area contributed by atoms with Gasteiger partial charge in [-0.15, -0.1) is 0 Å². The van der Waals surface area contributed by atoms with Gasteiger partial charge < -0.3 is 14.4 Å². The molecule has 158 valence electrons. The molecule has 0 aliphatic heterocycles. The van der Waals surface area contributed by atoms with Crippen molar-refractivity contribution in [3.63, 3.8) is 0 Å². The van der Waals surface area contributed by atoms with Crippen LogP contribution >= 0.6 is 0 Å². The Labute approximate surface area is 166 Å². The molecule has 0 bridgehead atoms. The Kier molecular flexibility index (Phi) is 9.31. The number of nitro groups is 1. The largest absolute Gasteiger partial charge is 0.469 e. The number of hydrogen-bond donors (Lipinski definition) is 0. The zero-order chi connectivity index (χ0) is 21.4. The predicted molar refractivity (Wildman–Crippen MR) is 106 cm³/mol. The molecule has 1 rings (SSSR count). The van der Waals surface area contributed by atoms with Gasteiger partial charge in [-0.05, 0) is 23.5 Å². The molecule has 0 radical (unpaired) electrons. The van der Waals surface area contributed by atoms with Crippen LogP contribution < -0.4 is 4.90 Å². The summed E-state index contributed by atoms with van der Waals surface area (Å²) in [5.74, 6) is -1.29. The van der Waals surface area contributed by atoms with E-state index < -0.39 is 22.6 Å². The number of carbonyl (C=O) groups is 1. The van der Waals surface area contributed by atoms with Crippen molar-refractivity contribution in [2.45, 2.75) is 40.0 Å². The fourth-order valence-corrected chi connectivity index (χ4v) is 3.19. The van der Waals surface area contributed by atoms with Crippen LogP contribution in [0.1, 0.15) is 45.6 Å². The van der Waals surface area contributed by atoms with Gasteiger partial charge in [0.2, 0.25) is 0 Å². The van der Waals surface area contributed by atoms with E-state index in [4.69, 9.17) is 4.74 Å². The zero-order valence-electron chi connectivity index (χ0n) is 17.5. The van der Waals surface area contributed by atoms with Gasteiger partial charge in [-0.2, -0.15) is 0 Å². The maximum Gasteiger partial charge on any atom is 0.306 e. The molecule has 0 heterocycles. The summed E-state index contributed by atoms with van der Waals surface area (Å²) in [6.45, 7) is 9.05. The summed E-state index contributed by atoms with van der Waals surface area (Å²) >= 11 is 0. The highest BCUT2D eigenvalue weighted by Crippen LogP contribution is 2.36. The quantitative estimate of drug-likeness (QED) is 0.316. The predicted octanol–water partition coefficient (Wildman–Crippen LogP) is 4.15. The summed E-state index contributed by atoms with van der Waals surface area (Å²) in [7, 11) is 2.71. The zero-order valence-corrected chi connectivity index (χ0v) is 17.5. The molecule has 0 amide bonds. The van der Waals surface area contributed by atoms with Crippen molar-refractivity contribution in [2.24, 2.45) is 11.8 Å². The molecule has 7 nitrogen and oxygen atoms in total. The normalized spacial score (nSPS) is 12.3. The summed E-state index contributed by atoms with van der Waals surface area (Å²) in [6, 6.07) is 2.61. The molecule has 0 N–H and O–H groups in total. The fourth-order valence-electron chi connectivity index (χ4n) is 3.19. The Morgan fingerprint density at radius 1 is 1.18 bits per heavy atom. The highest BCUT2D eigenvalue weighted by molar-refractivity contribution is 5.71. The molecule has 8 heteroatoms. The Balaban J connectivity index is 3.47. The number of nitrogens with zero attached hydrogens (tertiary/aromatic N) is 2. The number of carbonyl (C=O) groups excluding carboxylic acids is 1. The molecular formula is C20H31FN2O5. The van der Waals surface area contributed by atoms with E-state index in [1.54, 1.807) is 4.90 Å². The molecule has 1 atom stereocenters. The minimum Gasteiger partial charge on any atom is -0.469 e. The molecule has 1 aromatic rings. The minimum atomic E-state index is -0.670. The minimum absolute atomic E-state index is 0.00890. The van der Waals surface area contributed by atoms with E-state index in [1.165, 1.54) is 26.4 Å². The van der Waals surface area contributed by atoms with Crippen LogP contribution in [0.15, 0.2) is 12.1 Å². The standard InChI is InChI=1S/C20H31FN2O5/c1-13(2)10-22(11-14(3)4)20-17(21)7-15(8-18(20)23(25)26)16(12-27-5)9-19(24)28-6/h7-8,13-14,16H,9-12H2,1-6H3. The van der Waals surface area contributed by atoms with Crippen molar-refractivity contribution in [1.82, 2.24) is 0 Å². The van der Waals surface area contributed by atoms with Gasteiger partial charge in [0.05, 0.1) is 25.1 Å². The molecular weight excluding hydrogens is 367 g/mol. The number of esters is 1. The van der Waals surface area contributed by atoms with Crippen LogP contribution in [0.2, 0.25) is 0 Å². The average Bonchev–Trinajstić information content (AvgIpc) is 2.58. The highest BCUT2D eigenvalue weighted by Gasteiger charge is 2.29. The monoisotopic (exact) mass is 398 g/mol. The van der Waals surface area contributed by atoms with Gasteiger partial charge in [-0.3, -0.25) is 14.9 Å². The molecule has 0 aromatic heterocycles. The average molecular weight is 398 g/mol. The molecule has 0 saturated carbocycles. The first-order valence-electron chi connectivity index (χ1n) is 9.39. The lowest BCUT2D eigenvalue weighted by atomic mass is 9.95. The van der Waals surface area contributed by atoms with E-state index in [1.807, 2.05) is 27.7 Å². The van der Waals surface area contributed by atoms with E-state index in [-0.39, 0.29) is 36.2 Å². The van der Waals surface area contributed by atoms with Crippen molar-refractivity contribution in [2.75, 3.05) is 38.8 Å². The Hall–Kier alpha value is -2.22. The molecule has 0 aliphatic carbocycles. The van der Waals surface area contributed by atoms with Crippen molar-refractivity contribution in [1.29, 1.82) is 0 Å². The second-order valence-electron chi connectivity index (χ2n) is 7.75. The number of methoxy groups -OCH3 is 2. The summed E-state index contributed by atoms with van der Waals surface area (Å²) in [5, 5.41) is 11.8. The van der Waals surface area contributed by atoms with E-state index in [9.17, 15) is 14.9 Å². The van der Waals surface area contributed by atoms with Crippen molar-refractivity contribution >= 4 is 17.3 Å². The van der Waals surface area contributed by atoms with E-state index >= 15 is 4.39 Å². The van der Waals surface area contributed by atoms with Gasteiger partial charge in [0.15, 0.2) is 11.5 Å². The van der Waals surface area contributed by atoms with Crippen molar-refractivity contribution in [3.05, 3.63) is 33.6 Å². The van der Waals surface area contributed by atoms with Crippen molar-refractivity contribution < 1.29 is 23.6 Å². The van der Waals surface area contributed by atoms with Crippen LogP contribution in [0.3, 0.4) is 0 Å². The van der Waals surface area contributed by atoms with Gasteiger partial charge in [-0.1, -0.05) is 27.7 Å². The van der Waals surface area contributed by atoms with Gasteiger partial charge in [0.1, 0.15) is 0 Å². The van der Waals surface area contributed by atoms with E-state index in [0.29, 0.717) is 18.7 Å². The first-order valence-corrected chi connectivity index (χ1v) is 9.39. The molecule has 1 unspecified atom stereocenters. The van der Waals surface area contributed by atoms with Crippen LogP contribution in [0.4, 0.5) is 15.8 Å². The Morgan fingerprint density at radius 3 is 2.18 bits per heavy atom. The number of rotatable bonds is 11. The second kappa shape index (κ2) is 10.9. The van der Waals surface area contributed by atoms with Gasteiger partial charge in [0, 0.05) is 32.2 Å². The van der Waals surface area contributed by atoms with Crippen LogP contribution in [0.5, 0.6) is 0 Å². The van der Waals surface area contributed by atoms with Crippen LogP contribution in [-0.4, -0.2) is 44.8 Å². The molecule has 0 fully saturated rings. The van der Waals surface area contributed by atoms with E-state index in [2.05, 4.69) is 4.74 Å². The number of anilines is 1. The third-order valence-electron chi connectivity index (χ3n) is 4.23. The van der Waals surface area contributed by atoms with Gasteiger partial charge in [-0.25, -0.2) is 4.39 Å². The third kappa shape index (κ3) is 6.74. The number of nitro benzene ring substituents is 1. The van der Waals surface area contributed by atoms with Crippen LogP contribution in [-0.2, 0) is 14.3 Å². The molecule has 28 heavy (non-hydrogen) atoms. The third-order valence-corrected chi connectivity index (χ3v) is 4.23. The van der Waals surface area contributed by atoms with Gasteiger partial charge in [0.25, 0.3) is 5.69 Å². The van der Waals surface area contributed by atoms with Gasteiger partial charge >= 0.3 is 5.97 Å². The molecule has 0 aliphatic rings. The maximum absolute atomic E-state index is 15.1. The lowest BCUT2D eigenvalue weighted by Crippen LogP contribution is -2.32. The smallest absolute Gasteiger partial charge is 0.306 e. The summed E-state index contributed by atoms with van der Waals surface area (Å²) in [4.78, 5) is 24.6. The van der Waals surface area contributed by atoms with E-state index in [0.717, 1.165) is 0 Å². The number of hydrogen-bond acceptors (Lipinski definition) is 6. The summed E-state index contributed by atoms with van der Waals surface area (Å²) in [5.41, 5.74) is 0.0295. The highest BCUT2D eigenvalue weighted by atomic mass is 19.1. The number of ether oxygens (including phenoxy) is 2. The molecule has 0 spiro atoms. The lowest BCUT2D eigenvalue weighted by molar-refractivity contribution is -0.384. The maximum atomic E-state index is 15.1. The number of halogens is 1. The Bertz CT molecular complexity index is 669. The lowest BCUT2D eigenvalue weighted by Gasteiger charge is -2.29. The Morgan fingerprint density at radius 2 is 1.75 bits per heavy atom. The fraction of sp³-hybridized carbons (Fsp3) is 0.650. The summed E-state index contributed by atoms with van der Waals surface area (Å²) < 4.78 is 24.9. The summed E-state index contributed by atoms with van der Waals surface area (Å²) in [6.07, 6.45) is -0.0536. The SMILES string of the molecule is COCC(CC(=O)OC)c1cc(F)c(N(CC(C)C)CC(C)C)c([N+](=O)[O-])c1. The van der Waals surface area contributed by atoms with Crippen LogP contribution in [0, 0.1) is 27.8 Å². The van der Waals surface area contributed by atoms with Crippen LogP contribution in [0.25, 0.3) is 0 Å². The first-order chi connectivity index (χ1) is 13.1. The first kappa shape index (κ1) is 23.8.